The Hall–Kier alpha value is -0.0905. The van der Waals surface area contributed by atoms with E-state index in [1.54, 1.807) is 0 Å². The third-order valence-corrected chi connectivity index (χ3v) is 0. The summed E-state index contributed by atoms with van der Waals surface area (Å²) in [6.45, 7) is 0.500. The van der Waals surface area contributed by atoms with Gasteiger partial charge in [-0.2, -0.15) is 0 Å². The van der Waals surface area contributed by atoms with Gasteiger partial charge < -0.3 is 20.9 Å². The van der Waals surface area contributed by atoms with E-state index in [0.29, 0.717) is 6.47 Å². The van der Waals surface area contributed by atoms with Crippen LogP contribution in [-0.4, -0.2) is 11.6 Å². The van der Waals surface area contributed by atoms with Crippen molar-refractivity contribution in [2.45, 2.75) is 0 Å². The molecule has 0 saturated carbocycles. The van der Waals surface area contributed by atoms with E-state index in [2.05, 4.69) is 0 Å². The summed E-state index contributed by atoms with van der Waals surface area (Å²) in [5.74, 6) is 0. The molecule has 0 amide bonds. The molecule has 0 heterocycles. The summed E-state index contributed by atoms with van der Waals surface area (Å²) in [7, 11) is 0. The van der Waals surface area contributed by atoms with Crippen LogP contribution in [0.4, 0.5) is 0 Å². The van der Waals surface area contributed by atoms with Crippen LogP contribution >= 0.6 is 0 Å². The smallest absolute Gasteiger partial charge is 0 e. The van der Waals surface area contributed by atoms with E-state index in [0.717, 1.165) is 0 Å². The van der Waals surface area contributed by atoms with E-state index in [4.69, 9.17) is 9.90 Å². The van der Waals surface area contributed by atoms with Crippen molar-refractivity contribution in [1.29, 1.82) is 0 Å². The summed E-state index contributed by atoms with van der Waals surface area (Å²) in [5.41, 5.74) is 0. The van der Waals surface area contributed by atoms with Crippen molar-refractivity contribution < 1.29 is 37.9 Å². The van der Waals surface area contributed by atoms with Crippen LogP contribution in [0.15, 0.2) is 0 Å². The zero-order valence-corrected chi connectivity index (χ0v) is 3.73. The van der Waals surface area contributed by atoms with Gasteiger partial charge in [0.25, 0.3) is 0 Å². The zero-order chi connectivity index (χ0) is 2.71. The molecule has 0 saturated heterocycles. The van der Waals surface area contributed by atoms with Gasteiger partial charge in [-0.15, -0.1) is 0 Å². The third-order valence-electron chi connectivity index (χ3n) is 0. The van der Waals surface area contributed by atoms with Crippen LogP contribution in [0.5, 0.6) is 0 Å². The predicted octanol–water partition coefficient (Wildman–Crippen LogP) is -0.629. The Kier molecular flexibility index (Phi) is 591. The van der Waals surface area contributed by atoms with Crippen LogP contribution in [0, 0.1) is 0 Å². The van der Waals surface area contributed by atoms with Gasteiger partial charge in [0.15, 0.2) is 0 Å². The minimum Gasteiger partial charge on any atom is -2.00 e. The SMILES string of the molecule is O=[C-]O.[Mn].[O-2].[O-2]. The van der Waals surface area contributed by atoms with Crippen molar-refractivity contribution >= 4 is 6.47 Å². The van der Waals surface area contributed by atoms with Gasteiger partial charge in [-0.25, -0.2) is 0 Å². The molecular weight excluding hydrogens is 131 g/mol. The first kappa shape index (κ1) is 39.1. The van der Waals surface area contributed by atoms with Crippen LogP contribution in [0.25, 0.3) is 0 Å². The molecule has 0 rings (SSSR count). The van der Waals surface area contributed by atoms with E-state index in [1.165, 1.54) is 0 Å². The number of hydrogen-bond donors (Lipinski definition) is 1. The standard InChI is InChI=1S/CHO2.Mn.2O/c2-1-3;;;/h(H,2,3);;;/q-1;;2*-2. The van der Waals surface area contributed by atoms with Crippen molar-refractivity contribution in [2.24, 2.45) is 0 Å². The molecule has 0 aliphatic carbocycles. The Morgan fingerprint density at radius 1 is 1.33 bits per heavy atom. The van der Waals surface area contributed by atoms with Gasteiger partial charge in [-0.3, -0.25) is 0 Å². The third kappa shape index (κ3) is 4040. The molecule has 0 aliphatic heterocycles. The average molecular weight is 132 g/mol. The molecule has 0 unspecified atom stereocenters. The topological polar surface area (TPSA) is 94.3 Å². The molecule has 0 atom stereocenters. The fraction of sp³-hybridized carbons (Fsp3) is 0. The quantitative estimate of drug-likeness (QED) is 0.350. The van der Waals surface area contributed by atoms with E-state index in [9.17, 15) is 0 Å². The first-order chi connectivity index (χ1) is 1.41. The molecule has 0 aliphatic rings. The molecule has 5 heteroatoms. The monoisotopic (exact) mass is 132 g/mol. The van der Waals surface area contributed by atoms with Crippen molar-refractivity contribution in [3.8, 4) is 0 Å². The predicted molar refractivity (Wildman–Crippen MR) is 9.70 cm³/mol. The summed E-state index contributed by atoms with van der Waals surface area (Å²) in [6.07, 6.45) is 0. The van der Waals surface area contributed by atoms with Gasteiger partial charge in [-0.1, -0.05) is 6.47 Å². The summed E-state index contributed by atoms with van der Waals surface area (Å²) in [5, 5.41) is 6.76. The molecule has 0 aromatic heterocycles. The van der Waals surface area contributed by atoms with E-state index >= 15 is 0 Å². The summed E-state index contributed by atoms with van der Waals surface area (Å²) in [6, 6.07) is 0. The maximum absolute atomic E-state index is 8.24. The van der Waals surface area contributed by atoms with Crippen molar-refractivity contribution in [1.82, 2.24) is 0 Å². The Labute approximate surface area is 45.3 Å². The van der Waals surface area contributed by atoms with Crippen LogP contribution < -0.4 is 0 Å². The zero-order valence-electron chi connectivity index (χ0n) is 2.55. The fourth-order valence-corrected chi connectivity index (χ4v) is 0. The second-order valence-corrected chi connectivity index (χ2v) is 0.0913. The molecule has 0 spiro atoms. The summed E-state index contributed by atoms with van der Waals surface area (Å²) in [4.78, 5) is 8.24. The molecule has 1 radical (unpaired) electrons. The van der Waals surface area contributed by atoms with Crippen molar-refractivity contribution in [3.63, 3.8) is 0 Å². The van der Waals surface area contributed by atoms with E-state index in [1.807, 2.05) is 0 Å². The Morgan fingerprint density at radius 3 is 1.33 bits per heavy atom. The van der Waals surface area contributed by atoms with Crippen molar-refractivity contribution in [2.75, 3.05) is 0 Å². The molecule has 41 valence electrons. The maximum Gasteiger partial charge on any atom is 0 e. The first-order valence-corrected chi connectivity index (χ1v) is 0.428. The van der Waals surface area contributed by atoms with Gasteiger partial charge in [-0.05, 0) is 0 Å². The molecule has 0 aromatic rings. The van der Waals surface area contributed by atoms with Gasteiger partial charge in [0.1, 0.15) is 0 Å². The molecule has 0 bridgehead atoms. The normalized spacial score (nSPS) is 2.00. The van der Waals surface area contributed by atoms with Crippen LogP contribution in [0.1, 0.15) is 0 Å². The van der Waals surface area contributed by atoms with E-state index in [-0.39, 0.29) is 28.0 Å². The Balaban J connectivity index is -0.00000000667. The van der Waals surface area contributed by atoms with Crippen molar-refractivity contribution in [3.05, 3.63) is 0 Å². The number of rotatable bonds is 0. The minimum atomic E-state index is 0. The van der Waals surface area contributed by atoms with E-state index < -0.39 is 0 Å². The average Bonchev–Trinajstić information content (AvgIpc) is 0.918. The summed E-state index contributed by atoms with van der Waals surface area (Å²) >= 11 is 0. The molecular formula is CHMnO4-5. The Bertz CT molecular complexity index is 15.0. The summed E-state index contributed by atoms with van der Waals surface area (Å²) < 4.78 is 0. The first-order valence-electron chi connectivity index (χ1n) is 0.428. The molecule has 0 fully saturated rings. The minimum absolute atomic E-state index is 0. The molecule has 6 heavy (non-hydrogen) atoms. The molecule has 0 aromatic carbocycles. The van der Waals surface area contributed by atoms with Gasteiger partial charge in [0.2, 0.25) is 0 Å². The van der Waals surface area contributed by atoms with Gasteiger partial charge >= 0.3 is 0 Å². The number of aliphatic hydroxyl groups excluding tert-OH is 1. The van der Waals surface area contributed by atoms with Gasteiger partial charge in [0.05, 0.1) is 0 Å². The van der Waals surface area contributed by atoms with Crippen LogP contribution in [0.2, 0.25) is 0 Å². The number of hydrogen-bond acceptors (Lipinski definition) is 1. The second-order valence-electron chi connectivity index (χ2n) is 0.0913. The molecule has 1 N–H and O–H groups in total. The maximum atomic E-state index is 8.24. The molecule has 4 nitrogen and oxygen atoms in total. The largest absolute Gasteiger partial charge is 2.00 e. The fourth-order valence-electron chi connectivity index (χ4n) is 0. The van der Waals surface area contributed by atoms with Gasteiger partial charge in [0, 0.05) is 17.1 Å². The van der Waals surface area contributed by atoms with Crippen LogP contribution in [0.3, 0.4) is 0 Å². The Morgan fingerprint density at radius 2 is 1.33 bits per heavy atom. The second kappa shape index (κ2) is 90.7. The van der Waals surface area contributed by atoms with Crippen LogP contribution in [-0.2, 0) is 32.8 Å².